The van der Waals surface area contributed by atoms with Gasteiger partial charge in [-0.1, -0.05) is 30.3 Å². The van der Waals surface area contributed by atoms with E-state index < -0.39 is 15.9 Å². The molecular formula is C17H20N2O5S. The molecule has 1 aliphatic heterocycles. The quantitative estimate of drug-likeness (QED) is 0.874. The first kappa shape index (κ1) is 17.7. The highest BCUT2D eigenvalue weighted by Crippen LogP contribution is 2.20. The van der Waals surface area contributed by atoms with Gasteiger partial charge in [0.25, 0.3) is 15.9 Å². The molecule has 134 valence electrons. The van der Waals surface area contributed by atoms with Crippen LogP contribution in [0.5, 0.6) is 0 Å². The van der Waals surface area contributed by atoms with Gasteiger partial charge in [-0.05, 0) is 24.6 Å². The highest BCUT2D eigenvalue weighted by Gasteiger charge is 2.30. The molecule has 3 rings (SSSR count). The minimum absolute atomic E-state index is 0.0328. The van der Waals surface area contributed by atoms with Crippen LogP contribution in [0, 0.1) is 0 Å². The average Bonchev–Trinajstić information content (AvgIpc) is 3.14. The third-order valence-corrected chi connectivity index (χ3v) is 5.79. The van der Waals surface area contributed by atoms with Crippen molar-refractivity contribution in [1.82, 2.24) is 9.62 Å². The predicted octanol–water partition coefficient (Wildman–Crippen LogP) is 1.79. The Kier molecular flexibility index (Phi) is 5.22. The van der Waals surface area contributed by atoms with Gasteiger partial charge in [0.1, 0.15) is 0 Å². The number of carbonyl (C=O) groups is 1. The van der Waals surface area contributed by atoms with Gasteiger partial charge in [0, 0.05) is 13.1 Å². The third kappa shape index (κ3) is 3.92. The van der Waals surface area contributed by atoms with Crippen LogP contribution in [0.3, 0.4) is 0 Å². The molecule has 2 aromatic rings. The molecule has 0 saturated carbocycles. The molecule has 1 amide bonds. The van der Waals surface area contributed by atoms with Crippen molar-refractivity contribution in [1.29, 1.82) is 0 Å². The van der Waals surface area contributed by atoms with E-state index in [4.69, 9.17) is 9.15 Å². The van der Waals surface area contributed by atoms with Gasteiger partial charge in [0.05, 0.1) is 19.3 Å². The molecule has 2 heterocycles. The maximum Gasteiger partial charge on any atom is 0.287 e. The predicted molar refractivity (Wildman–Crippen MR) is 90.6 cm³/mol. The highest BCUT2D eigenvalue weighted by atomic mass is 32.2. The van der Waals surface area contributed by atoms with Gasteiger partial charge in [-0.2, -0.15) is 4.31 Å². The van der Waals surface area contributed by atoms with Gasteiger partial charge < -0.3 is 14.5 Å². The van der Waals surface area contributed by atoms with Crippen molar-refractivity contribution in [2.24, 2.45) is 0 Å². The number of nitrogens with zero attached hydrogens (tertiary/aromatic N) is 1. The second-order valence-electron chi connectivity index (χ2n) is 5.74. The lowest BCUT2D eigenvalue weighted by Gasteiger charge is -2.24. The van der Waals surface area contributed by atoms with Gasteiger partial charge in [-0.3, -0.25) is 4.79 Å². The molecule has 25 heavy (non-hydrogen) atoms. The highest BCUT2D eigenvalue weighted by molar-refractivity contribution is 7.89. The lowest BCUT2D eigenvalue weighted by atomic mass is 10.1. The molecule has 1 aromatic carbocycles. The van der Waals surface area contributed by atoms with Crippen molar-refractivity contribution in [3.63, 3.8) is 0 Å². The van der Waals surface area contributed by atoms with Crippen molar-refractivity contribution >= 4 is 15.9 Å². The van der Waals surface area contributed by atoms with Crippen LogP contribution in [0.4, 0.5) is 0 Å². The molecule has 1 fully saturated rings. The summed E-state index contributed by atoms with van der Waals surface area (Å²) in [5, 5.41) is 2.57. The molecule has 0 radical (unpaired) electrons. The monoisotopic (exact) mass is 364 g/mol. The Balaban J connectivity index is 1.71. The minimum Gasteiger partial charge on any atom is -0.438 e. The van der Waals surface area contributed by atoms with E-state index in [1.54, 1.807) is 0 Å². The summed E-state index contributed by atoms with van der Waals surface area (Å²) in [6.07, 6.45) is 0. The largest absolute Gasteiger partial charge is 0.438 e. The first-order chi connectivity index (χ1) is 12.0. The Morgan fingerprint density at radius 2 is 1.80 bits per heavy atom. The van der Waals surface area contributed by atoms with E-state index in [9.17, 15) is 13.2 Å². The van der Waals surface area contributed by atoms with Crippen LogP contribution in [0.2, 0.25) is 0 Å². The second kappa shape index (κ2) is 7.38. The second-order valence-corrected chi connectivity index (χ2v) is 7.61. The smallest absolute Gasteiger partial charge is 0.287 e. The van der Waals surface area contributed by atoms with Crippen molar-refractivity contribution < 1.29 is 22.4 Å². The summed E-state index contributed by atoms with van der Waals surface area (Å²) in [5.74, 6) is -0.491. The molecule has 1 unspecified atom stereocenters. The molecular weight excluding hydrogens is 344 g/mol. The van der Waals surface area contributed by atoms with Crippen LogP contribution in [0.1, 0.15) is 29.1 Å². The molecule has 7 nitrogen and oxygen atoms in total. The van der Waals surface area contributed by atoms with Gasteiger partial charge in [0.15, 0.2) is 5.76 Å². The van der Waals surface area contributed by atoms with Gasteiger partial charge in [-0.15, -0.1) is 0 Å². The molecule has 0 aliphatic carbocycles. The van der Waals surface area contributed by atoms with Gasteiger partial charge in [0.2, 0.25) is 5.09 Å². The number of benzene rings is 1. The maximum absolute atomic E-state index is 12.5. The Bertz CT molecular complexity index is 826. The molecule has 1 saturated heterocycles. The zero-order valence-corrected chi connectivity index (χ0v) is 14.7. The SMILES string of the molecule is CC(NC(=O)c1ccc(S(=O)(=O)N2CCOCC2)o1)c1ccccc1. The molecule has 0 spiro atoms. The fourth-order valence-corrected chi connectivity index (χ4v) is 3.91. The van der Waals surface area contributed by atoms with Crippen LogP contribution in [0.25, 0.3) is 0 Å². The zero-order valence-electron chi connectivity index (χ0n) is 13.8. The average molecular weight is 364 g/mol. The summed E-state index contributed by atoms with van der Waals surface area (Å²) >= 11 is 0. The van der Waals surface area contributed by atoms with Crippen molar-refractivity contribution in [2.75, 3.05) is 26.3 Å². The van der Waals surface area contributed by atoms with Gasteiger partial charge >= 0.3 is 0 Å². The maximum atomic E-state index is 12.5. The number of rotatable bonds is 5. The number of hydrogen-bond donors (Lipinski definition) is 1. The summed E-state index contributed by atoms with van der Waals surface area (Å²) in [7, 11) is -3.75. The van der Waals surface area contributed by atoms with Crippen LogP contribution in [0.15, 0.2) is 52.0 Å². The Morgan fingerprint density at radius 1 is 1.12 bits per heavy atom. The topological polar surface area (TPSA) is 88.9 Å². The molecule has 1 aliphatic rings. The number of hydrogen-bond acceptors (Lipinski definition) is 5. The van der Waals surface area contributed by atoms with E-state index in [-0.39, 0.29) is 30.0 Å². The summed E-state index contributed by atoms with van der Waals surface area (Å²) in [4.78, 5) is 12.3. The minimum atomic E-state index is -3.75. The van der Waals surface area contributed by atoms with Gasteiger partial charge in [-0.25, -0.2) is 8.42 Å². The fourth-order valence-electron chi connectivity index (χ4n) is 2.59. The number of carbonyl (C=O) groups excluding carboxylic acids is 1. The van der Waals surface area contributed by atoms with Crippen LogP contribution in [-0.2, 0) is 14.8 Å². The molecule has 0 bridgehead atoms. The number of ether oxygens (including phenoxy) is 1. The van der Waals surface area contributed by atoms with Crippen molar-refractivity contribution in [3.05, 3.63) is 53.8 Å². The Labute approximate surface area is 146 Å². The first-order valence-corrected chi connectivity index (χ1v) is 9.46. The number of amides is 1. The lowest BCUT2D eigenvalue weighted by molar-refractivity contribution is 0.0722. The van der Waals surface area contributed by atoms with E-state index in [1.165, 1.54) is 16.4 Å². The number of nitrogens with one attached hydrogen (secondary N) is 1. The summed E-state index contributed by atoms with van der Waals surface area (Å²) in [6.45, 7) is 3.09. The van der Waals surface area contributed by atoms with Crippen molar-refractivity contribution in [3.8, 4) is 0 Å². The normalized spacial score (nSPS) is 17.2. The molecule has 1 atom stereocenters. The van der Waals surface area contributed by atoms with Crippen LogP contribution < -0.4 is 5.32 Å². The third-order valence-electron chi connectivity index (χ3n) is 4.02. The molecule has 1 N–H and O–H groups in total. The Hall–Kier alpha value is -2.16. The van der Waals surface area contributed by atoms with Crippen molar-refractivity contribution in [2.45, 2.75) is 18.1 Å². The summed E-state index contributed by atoms with van der Waals surface area (Å²) < 4.78 is 36.8. The van der Waals surface area contributed by atoms with E-state index >= 15 is 0 Å². The summed E-state index contributed by atoms with van der Waals surface area (Å²) in [5.41, 5.74) is 0.948. The van der Waals surface area contributed by atoms with E-state index in [1.807, 2.05) is 37.3 Å². The standard InChI is InChI=1S/C17H20N2O5S/c1-13(14-5-3-2-4-6-14)18-17(20)15-7-8-16(24-15)25(21,22)19-9-11-23-12-10-19/h2-8,13H,9-12H2,1H3,(H,18,20). The Morgan fingerprint density at radius 3 is 2.48 bits per heavy atom. The number of sulfonamides is 1. The molecule has 8 heteroatoms. The van der Waals surface area contributed by atoms with E-state index in [0.717, 1.165) is 5.56 Å². The molecule has 1 aromatic heterocycles. The lowest BCUT2D eigenvalue weighted by Crippen LogP contribution is -2.40. The summed E-state index contributed by atoms with van der Waals surface area (Å²) in [6, 6.07) is 11.9. The number of furan rings is 1. The zero-order chi connectivity index (χ0) is 17.9. The van der Waals surface area contributed by atoms with Crippen LogP contribution in [-0.4, -0.2) is 44.9 Å². The van der Waals surface area contributed by atoms with E-state index in [0.29, 0.717) is 13.2 Å². The number of morpholine rings is 1. The fraction of sp³-hybridized carbons (Fsp3) is 0.353. The van der Waals surface area contributed by atoms with Crippen LogP contribution >= 0.6 is 0 Å². The van der Waals surface area contributed by atoms with E-state index in [2.05, 4.69) is 5.32 Å². The first-order valence-electron chi connectivity index (χ1n) is 8.02.